The van der Waals surface area contributed by atoms with Gasteiger partial charge in [-0.05, 0) is 119 Å². The van der Waals surface area contributed by atoms with E-state index in [9.17, 15) is 22.8 Å². The van der Waals surface area contributed by atoms with Crippen LogP contribution in [-0.2, 0) is 29.1 Å². The summed E-state index contributed by atoms with van der Waals surface area (Å²) in [4.78, 5) is 68.9. The van der Waals surface area contributed by atoms with Crippen molar-refractivity contribution >= 4 is 45.2 Å². The van der Waals surface area contributed by atoms with Gasteiger partial charge in [-0.2, -0.15) is 0 Å². The Hall–Kier alpha value is -5.03. The Bertz CT molecular complexity index is 2450. The number of allylic oxidation sites excluding steroid dienone is 1. The molecule has 17 heteroatoms. The fourth-order valence-electron chi connectivity index (χ4n) is 10.6. The number of sulfonamides is 1. The number of amides is 4. The largest absolute Gasteiger partial charge is 0.491 e. The first-order valence-electron chi connectivity index (χ1n) is 25.8. The number of hydrogen-bond donors (Lipinski definition) is 3. The summed E-state index contributed by atoms with van der Waals surface area (Å²) in [6.45, 7) is 18.3. The van der Waals surface area contributed by atoms with E-state index in [0.717, 1.165) is 30.6 Å². The Morgan fingerprint density at radius 2 is 1.66 bits per heavy atom. The summed E-state index contributed by atoms with van der Waals surface area (Å²) in [5, 5.41) is 7.87. The standard InChI is InChI=1S/C49H62N6O9S2.2C2H6.3H2/c1-6-30-19-28(4)9-7-8-10-32-25-49(32,47(58)54-66(60,61)37-15-16-37)53-44(56)42-24-36(26-55(42)46(57)43(30)52-48(59)64-34-20-38-29(5)39(38)21-34)63-35-22-40(51-41(23-35)45-50-17-18-65-45)31-11-13-33(14-12-31)62-27(2)3;2*1-2;;;/h8,10-14,17-18,22-23,27-30,32,34,36-39,42-43H,6-7,9,15-16,19-21,24-26H2,1-5H3,(H,52,59)(H,53,56)(H,54,58);2*1-2H3;3*1H/b10-8-;;;;;/t28-,29?,30-,32-,34?,36-,38-,39+,42+,43+,49-;;;;;/m1...../s1. The van der Waals surface area contributed by atoms with Crippen molar-refractivity contribution in [2.24, 2.45) is 35.5 Å². The molecule has 0 bridgehead atoms. The maximum atomic E-state index is 15.3. The van der Waals surface area contributed by atoms with Gasteiger partial charge in [0.1, 0.15) is 52.0 Å². The first kappa shape index (κ1) is 52.8. The number of aromatic nitrogens is 2. The molecule has 3 aromatic rings. The zero-order valence-corrected chi connectivity index (χ0v) is 43.9. The van der Waals surface area contributed by atoms with Crippen LogP contribution in [0.3, 0.4) is 0 Å². The van der Waals surface area contributed by atoms with Gasteiger partial charge in [0, 0.05) is 45.9 Å². The van der Waals surface area contributed by atoms with E-state index < -0.39 is 68.7 Å². The van der Waals surface area contributed by atoms with Gasteiger partial charge < -0.3 is 29.7 Å². The number of carbonyl (C=O) groups is 4. The predicted octanol–water partition coefficient (Wildman–Crippen LogP) is 9.82. The molecule has 9 rings (SSSR count). The lowest BCUT2D eigenvalue weighted by Gasteiger charge is -2.34. The van der Waals surface area contributed by atoms with Gasteiger partial charge in [-0.15, -0.1) is 11.3 Å². The summed E-state index contributed by atoms with van der Waals surface area (Å²) in [7, 11) is -3.93. The fourth-order valence-corrected chi connectivity index (χ4v) is 12.6. The van der Waals surface area contributed by atoms with Crippen molar-refractivity contribution in [3.8, 4) is 33.5 Å². The minimum absolute atomic E-state index is 0. The van der Waals surface area contributed by atoms with Crippen LogP contribution in [0.2, 0.25) is 0 Å². The molecule has 2 aliphatic heterocycles. The molecule has 5 fully saturated rings. The first-order chi connectivity index (χ1) is 33.6. The van der Waals surface area contributed by atoms with E-state index in [1.54, 1.807) is 12.3 Å². The summed E-state index contributed by atoms with van der Waals surface area (Å²) < 4.78 is 47.0. The first-order valence-corrected chi connectivity index (χ1v) is 28.2. The van der Waals surface area contributed by atoms with Gasteiger partial charge in [-0.3, -0.25) is 19.1 Å². The number of carbonyl (C=O) groups excluding carboxylic acids is 4. The molecule has 4 saturated carbocycles. The van der Waals surface area contributed by atoms with Crippen molar-refractivity contribution < 1.29 is 46.1 Å². The Morgan fingerprint density at radius 3 is 2.30 bits per heavy atom. The normalized spacial score (nSPS) is 30.7. The van der Waals surface area contributed by atoms with E-state index >= 15 is 4.79 Å². The molecule has 15 nitrogen and oxygen atoms in total. The third kappa shape index (κ3) is 12.2. The summed E-state index contributed by atoms with van der Waals surface area (Å²) in [5.41, 5.74) is 0.489. The van der Waals surface area contributed by atoms with Crippen LogP contribution in [0, 0.1) is 35.5 Å². The van der Waals surface area contributed by atoms with E-state index in [1.165, 1.54) is 16.2 Å². The lowest BCUT2D eigenvalue weighted by Crippen LogP contribution is -2.59. The van der Waals surface area contributed by atoms with Crippen LogP contribution in [0.5, 0.6) is 11.5 Å². The number of pyridine rings is 1. The van der Waals surface area contributed by atoms with Gasteiger partial charge in [0.15, 0.2) is 0 Å². The number of thiazole rings is 1. The second-order valence-corrected chi connectivity index (χ2v) is 22.7. The highest BCUT2D eigenvalue weighted by Crippen LogP contribution is 2.57. The van der Waals surface area contributed by atoms with E-state index in [4.69, 9.17) is 19.2 Å². The topological polar surface area (TPSA) is 195 Å². The number of benzene rings is 1. The second-order valence-electron chi connectivity index (χ2n) is 19.9. The highest BCUT2D eigenvalue weighted by Gasteiger charge is 2.62. The van der Waals surface area contributed by atoms with E-state index in [-0.39, 0.29) is 47.7 Å². The van der Waals surface area contributed by atoms with Crippen LogP contribution in [0.1, 0.15) is 131 Å². The Balaban J connectivity index is 0.00000161. The second kappa shape index (κ2) is 22.6. The molecule has 4 aliphatic carbocycles. The molecule has 4 amide bonds. The van der Waals surface area contributed by atoms with Gasteiger partial charge in [0.25, 0.3) is 5.91 Å². The number of alkyl carbamates (subject to hydrolysis) is 1. The van der Waals surface area contributed by atoms with Crippen molar-refractivity contribution in [2.75, 3.05) is 6.54 Å². The molecule has 4 heterocycles. The van der Waals surface area contributed by atoms with E-state index in [2.05, 4.69) is 34.2 Å². The molecule has 2 aromatic heterocycles. The monoisotopic (exact) mass is 1010 g/mol. The molecule has 6 aliphatic rings. The third-order valence-electron chi connectivity index (χ3n) is 14.6. The predicted molar refractivity (Wildman–Crippen MR) is 278 cm³/mol. The van der Waals surface area contributed by atoms with E-state index in [0.29, 0.717) is 72.0 Å². The van der Waals surface area contributed by atoms with Gasteiger partial charge in [0.2, 0.25) is 21.8 Å². The molecule has 1 aromatic carbocycles. The van der Waals surface area contributed by atoms with Crippen molar-refractivity contribution in [2.45, 2.75) is 168 Å². The maximum Gasteiger partial charge on any atom is 0.408 e. The highest BCUT2D eigenvalue weighted by molar-refractivity contribution is 7.91. The zero-order chi connectivity index (χ0) is 50.5. The molecular formula is C53H80N6O9S2. The van der Waals surface area contributed by atoms with Crippen molar-refractivity contribution in [3.63, 3.8) is 0 Å². The number of ether oxygens (including phenoxy) is 3. The van der Waals surface area contributed by atoms with Crippen LogP contribution in [0.25, 0.3) is 22.0 Å². The fraction of sp³-hybridized carbons (Fsp3) is 0.623. The molecule has 0 spiro atoms. The van der Waals surface area contributed by atoms with Crippen molar-refractivity contribution in [1.82, 2.24) is 30.2 Å². The minimum Gasteiger partial charge on any atom is -0.491 e. The number of nitrogens with zero attached hydrogens (tertiary/aromatic N) is 3. The zero-order valence-electron chi connectivity index (χ0n) is 42.3. The lowest BCUT2D eigenvalue weighted by molar-refractivity contribution is -0.142. The van der Waals surface area contributed by atoms with Gasteiger partial charge in [-0.25, -0.2) is 23.2 Å². The van der Waals surface area contributed by atoms with Crippen LogP contribution >= 0.6 is 11.3 Å². The molecule has 3 N–H and O–H groups in total. The third-order valence-corrected chi connectivity index (χ3v) is 17.2. The maximum absolute atomic E-state index is 15.3. The van der Waals surface area contributed by atoms with Crippen LogP contribution in [0.4, 0.5) is 4.79 Å². The van der Waals surface area contributed by atoms with Gasteiger partial charge in [0.05, 0.1) is 23.6 Å². The molecule has 2 unspecified atom stereocenters. The Morgan fingerprint density at radius 1 is 0.957 bits per heavy atom. The summed E-state index contributed by atoms with van der Waals surface area (Å²) in [6, 6.07) is 9.08. The molecule has 70 heavy (non-hydrogen) atoms. The SMILES string of the molecule is CC.CC.CC[C@@H]1C[C@H](C)CC/C=C\[C@@H]2C[C@@]2(C(=O)NS(=O)(=O)C2CC2)NC(=O)[C@@H]2C[C@@H](Oc3cc(-c4ccc(OC(C)C)cc4)nc(-c4nccs4)c3)CN2C(=O)[C@H]1NC(=O)OC1C[C@@H]2C(C)[C@@H]2C1.[HH].[HH].[HH]. The number of rotatable bonds is 12. The average Bonchev–Trinajstić information content (AvgIpc) is 4.25. The molecule has 11 atom stereocenters. The van der Waals surface area contributed by atoms with Crippen molar-refractivity contribution in [1.29, 1.82) is 0 Å². The Labute approximate surface area is 423 Å². The van der Waals surface area contributed by atoms with Gasteiger partial charge in [-0.1, -0.05) is 67.0 Å². The van der Waals surface area contributed by atoms with E-state index in [1.807, 2.05) is 96.3 Å². The minimum atomic E-state index is -3.93. The number of hydrogen-bond acceptors (Lipinski definition) is 12. The molecule has 0 radical (unpaired) electrons. The van der Waals surface area contributed by atoms with Crippen LogP contribution in [0.15, 0.2) is 60.1 Å². The van der Waals surface area contributed by atoms with Crippen LogP contribution in [-0.4, -0.2) is 94.8 Å². The highest BCUT2D eigenvalue weighted by atomic mass is 32.2. The van der Waals surface area contributed by atoms with Crippen LogP contribution < -0.4 is 24.8 Å². The lowest BCUT2D eigenvalue weighted by atomic mass is 9.85. The molecule has 1 saturated heterocycles. The average molecular weight is 1010 g/mol. The summed E-state index contributed by atoms with van der Waals surface area (Å²) in [5.74, 6) is 0.526. The Kier molecular flexibility index (Phi) is 17.0. The summed E-state index contributed by atoms with van der Waals surface area (Å²) >= 11 is 1.43. The number of nitrogens with one attached hydrogen (secondary N) is 3. The van der Waals surface area contributed by atoms with Crippen molar-refractivity contribution in [3.05, 3.63) is 60.1 Å². The number of fused-ring (bicyclic) bond motifs is 3. The molecule has 388 valence electrons. The quantitative estimate of drug-likeness (QED) is 0.146. The van der Waals surface area contributed by atoms with Gasteiger partial charge >= 0.3 is 6.09 Å². The molecular weight excluding hydrogens is 929 g/mol. The summed E-state index contributed by atoms with van der Waals surface area (Å²) in [6.07, 6.45) is 9.52. The smallest absolute Gasteiger partial charge is 0.408 e.